The molecule has 0 aliphatic rings. The fourth-order valence-electron chi connectivity index (χ4n) is 2.35. The van der Waals surface area contributed by atoms with Gasteiger partial charge in [-0.25, -0.2) is 4.79 Å². The first-order valence-corrected chi connectivity index (χ1v) is 11.4. The maximum atomic E-state index is 12.3. The van der Waals surface area contributed by atoms with Gasteiger partial charge in [-0.2, -0.15) is 0 Å². The molecule has 0 bridgehead atoms. The van der Waals surface area contributed by atoms with Crippen molar-refractivity contribution in [1.82, 2.24) is 16.0 Å². The van der Waals surface area contributed by atoms with Gasteiger partial charge in [0.2, 0.25) is 0 Å². The minimum atomic E-state index is -0.949. The van der Waals surface area contributed by atoms with Crippen molar-refractivity contribution >= 4 is 46.8 Å². The predicted molar refractivity (Wildman–Crippen MR) is 136 cm³/mol. The Hall–Kier alpha value is -1.36. The number of nitrogens with one attached hydrogen (secondary N) is 3. The normalized spacial score (nSPS) is 13.1. The lowest BCUT2D eigenvalue weighted by molar-refractivity contribution is 0.0476. The maximum Gasteiger partial charge on any atom is 0.408 e. The Labute approximate surface area is 200 Å². The summed E-state index contributed by atoms with van der Waals surface area (Å²) >= 11 is 0. The molecule has 1 rings (SSSR count). The molecule has 0 fully saturated rings. The van der Waals surface area contributed by atoms with Crippen LogP contribution in [-0.4, -0.2) is 52.8 Å². The number of amides is 1. The number of aliphatic imine (C=N–C) groups is 1. The monoisotopic (exact) mass is 552 g/mol. The third-order valence-corrected chi connectivity index (χ3v) is 4.92. The molecule has 0 saturated carbocycles. The molecule has 0 heterocycles. The number of guanidine groups is 1. The van der Waals surface area contributed by atoms with Gasteiger partial charge in [0.15, 0.2) is 5.96 Å². The van der Waals surface area contributed by atoms with Crippen molar-refractivity contribution in [2.24, 2.45) is 4.99 Å². The molecule has 30 heavy (non-hydrogen) atoms. The average Bonchev–Trinajstić information content (AvgIpc) is 2.58. The standard InChI is InChI=1S/C21H36N4O3S.HI/c1-7-22-18(23-13-14-29(27)15-17-11-9-8-10-12-17)24-16-21(5,6)25-19(26)28-20(2,3)4;/h8-12H,7,13-16H2,1-6H3,(H,25,26)(H2,22,23,24);1H. The summed E-state index contributed by atoms with van der Waals surface area (Å²) in [5.41, 5.74) is -0.0442. The molecule has 0 radical (unpaired) electrons. The minimum absolute atomic E-state index is 0. The molecule has 0 saturated heterocycles. The van der Waals surface area contributed by atoms with Gasteiger partial charge in [0.1, 0.15) is 5.60 Å². The van der Waals surface area contributed by atoms with E-state index in [1.807, 2.05) is 71.9 Å². The van der Waals surface area contributed by atoms with Gasteiger partial charge in [-0.15, -0.1) is 24.0 Å². The van der Waals surface area contributed by atoms with E-state index in [-0.39, 0.29) is 24.0 Å². The van der Waals surface area contributed by atoms with E-state index in [9.17, 15) is 9.00 Å². The quantitative estimate of drug-likeness (QED) is 0.248. The summed E-state index contributed by atoms with van der Waals surface area (Å²) in [6.45, 7) is 12.9. The number of benzene rings is 1. The molecule has 0 spiro atoms. The first-order chi connectivity index (χ1) is 13.5. The van der Waals surface area contributed by atoms with Crippen LogP contribution in [0.3, 0.4) is 0 Å². The van der Waals surface area contributed by atoms with Crippen LogP contribution in [0.15, 0.2) is 35.3 Å². The van der Waals surface area contributed by atoms with E-state index in [1.165, 1.54) is 0 Å². The largest absolute Gasteiger partial charge is 0.444 e. The summed E-state index contributed by atoms with van der Waals surface area (Å²) < 4.78 is 17.6. The van der Waals surface area contributed by atoms with Crippen LogP contribution in [0.2, 0.25) is 0 Å². The van der Waals surface area contributed by atoms with E-state index in [4.69, 9.17) is 4.74 Å². The summed E-state index contributed by atoms with van der Waals surface area (Å²) in [6.07, 6.45) is -0.466. The lowest BCUT2D eigenvalue weighted by Crippen LogP contribution is -2.49. The first kappa shape index (κ1) is 28.6. The molecule has 0 aromatic heterocycles. The Morgan fingerprint density at radius 1 is 1.10 bits per heavy atom. The zero-order valence-corrected chi connectivity index (χ0v) is 22.1. The molecule has 3 N–H and O–H groups in total. The summed E-state index contributed by atoms with van der Waals surface area (Å²) in [4.78, 5) is 16.5. The van der Waals surface area contributed by atoms with Gasteiger partial charge in [0.25, 0.3) is 0 Å². The van der Waals surface area contributed by atoms with Crippen LogP contribution >= 0.6 is 24.0 Å². The summed E-state index contributed by atoms with van der Waals surface area (Å²) in [5, 5.41) is 9.21. The highest BCUT2D eigenvalue weighted by atomic mass is 127. The second-order valence-electron chi connectivity index (χ2n) is 8.41. The summed E-state index contributed by atoms with van der Waals surface area (Å²) in [5.74, 6) is 1.70. The van der Waals surface area contributed by atoms with E-state index >= 15 is 0 Å². The molecule has 1 atom stereocenters. The number of hydrogen-bond acceptors (Lipinski definition) is 4. The van der Waals surface area contributed by atoms with Gasteiger partial charge >= 0.3 is 6.09 Å². The molecule has 0 aliphatic heterocycles. The van der Waals surface area contributed by atoms with Crippen molar-refractivity contribution in [2.75, 3.05) is 25.4 Å². The topological polar surface area (TPSA) is 91.8 Å². The maximum absolute atomic E-state index is 12.3. The number of ether oxygens (including phenoxy) is 1. The highest BCUT2D eigenvalue weighted by Gasteiger charge is 2.24. The molecular formula is C21H37IN4O3S. The number of alkyl carbamates (subject to hydrolysis) is 1. The molecule has 9 heteroatoms. The Kier molecular flexibility index (Phi) is 13.2. The summed E-state index contributed by atoms with van der Waals surface area (Å²) in [7, 11) is -0.949. The third-order valence-electron chi connectivity index (χ3n) is 3.61. The van der Waals surface area contributed by atoms with E-state index in [0.717, 1.165) is 5.56 Å². The van der Waals surface area contributed by atoms with Gasteiger partial charge in [0, 0.05) is 35.4 Å². The first-order valence-electron chi connectivity index (χ1n) is 9.93. The van der Waals surface area contributed by atoms with Crippen molar-refractivity contribution in [1.29, 1.82) is 0 Å². The molecular weight excluding hydrogens is 515 g/mol. The lowest BCUT2D eigenvalue weighted by Gasteiger charge is -2.27. The minimum Gasteiger partial charge on any atom is -0.444 e. The molecule has 172 valence electrons. The Balaban J connectivity index is 0.00000841. The van der Waals surface area contributed by atoms with Crippen molar-refractivity contribution in [3.63, 3.8) is 0 Å². The third kappa shape index (κ3) is 13.8. The number of hydrogen-bond donors (Lipinski definition) is 3. The van der Waals surface area contributed by atoms with E-state index in [1.54, 1.807) is 0 Å². The van der Waals surface area contributed by atoms with Gasteiger partial charge in [-0.05, 0) is 47.1 Å². The second-order valence-corrected chi connectivity index (χ2v) is 9.98. The van der Waals surface area contributed by atoms with Crippen LogP contribution < -0.4 is 16.0 Å². The van der Waals surface area contributed by atoms with E-state index in [0.29, 0.717) is 37.1 Å². The smallest absolute Gasteiger partial charge is 0.408 e. The number of nitrogens with zero attached hydrogens (tertiary/aromatic N) is 1. The molecule has 1 unspecified atom stereocenters. The lowest BCUT2D eigenvalue weighted by atomic mass is 10.1. The van der Waals surface area contributed by atoms with Crippen LogP contribution in [0.1, 0.15) is 47.1 Å². The van der Waals surface area contributed by atoms with Gasteiger partial charge in [-0.3, -0.25) is 9.20 Å². The fraction of sp³-hybridized carbons (Fsp3) is 0.619. The van der Waals surface area contributed by atoms with Gasteiger partial charge in [0.05, 0.1) is 12.1 Å². The zero-order valence-electron chi connectivity index (χ0n) is 18.9. The van der Waals surface area contributed by atoms with Crippen LogP contribution in [0, 0.1) is 0 Å². The van der Waals surface area contributed by atoms with E-state index < -0.39 is 28.0 Å². The summed E-state index contributed by atoms with van der Waals surface area (Å²) in [6, 6.07) is 9.82. The highest BCUT2D eigenvalue weighted by Crippen LogP contribution is 2.09. The van der Waals surface area contributed by atoms with Gasteiger partial charge in [-0.1, -0.05) is 30.3 Å². The Morgan fingerprint density at radius 3 is 2.30 bits per heavy atom. The molecule has 1 aromatic rings. The average molecular weight is 553 g/mol. The highest BCUT2D eigenvalue weighted by molar-refractivity contribution is 14.0. The second kappa shape index (κ2) is 13.8. The van der Waals surface area contributed by atoms with Crippen LogP contribution in [0.5, 0.6) is 0 Å². The number of carbonyl (C=O) groups excluding carboxylic acids is 1. The zero-order chi connectivity index (χ0) is 21.9. The van der Waals surface area contributed by atoms with Crippen LogP contribution in [0.4, 0.5) is 4.79 Å². The Morgan fingerprint density at radius 2 is 1.73 bits per heavy atom. The molecule has 7 nitrogen and oxygen atoms in total. The number of carbonyl (C=O) groups is 1. The number of rotatable bonds is 9. The molecule has 1 amide bonds. The Bertz CT molecular complexity index is 691. The number of halogens is 1. The van der Waals surface area contributed by atoms with Crippen LogP contribution in [0.25, 0.3) is 0 Å². The van der Waals surface area contributed by atoms with E-state index in [2.05, 4.69) is 20.9 Å². The SMILES string of the molecule is CCNC(=NCC(C)(C)NC(=O)OC(C)(C)C)NCCS(=O)Cc1ccccc1.I. The molecule has 1 aromatic carbocycles. The van der Waals surface area contributed by atoms with Crippen molar-refractivity contribution in [2.45, 2.75) is 58.4 Å². The molecule has 0 aliphatic carbocycles. The van der Waals surface area contributed by atoms with Crippen LogP contribution in [-0.2, 0) is 21.3 Å². The fourth-order valence-corrected chi connectivity index (χ4v) is 3.39. The van der Waals surface area contributed by atoms with Gasteiger partial charge < -0.3 is 20.7 Å². The van der Waals surface area contributed by atoms with Crippen molar-refractivity contribution in [3.8, 4) is 0 Å². The van der Waals surface area contributed by atoms with Crippen molar-refractivity contribution < 1.29 is 13.7 Å². The predicted octanol–water partition coefficient (Wildman–Crippen LogP) is 3.41. The van der Waals surface area contributed by atoms with Crippen molar-refractivity contribution in [3.05, 3.63) is 35.9 Å².